The molecule has 1 aliphatic heterocycles. The van der Waals surface area contributed by atoms with E-state index >= 15 is 0 Å². The maximum absolute atomic E-state index is 13.1. The molecule has 0 saturated carbocycles. The average molecular weight is 432 g/mol. The van der Waals surface area contributed by atoms with Crippen molar-refractivity contribution >= 4 is 25.8 Å². The Balaban J connectivity index is 2.17. The third kappa shape index (κ3) is 5.31. The molecule has 1 aromatic carbocycles. The molecule has 1 saturated heterocycles. The number of hydrogen-bond donors (Lipinski definition) is 0. The number of hydrogen-bond acceptors (Lipinski definition) is 6. The normalized spacial score (nSPS) is 17.2. The summed E-state index contributed by atoms with van der Waals surface area (Å²) < 4.78 is 51.6. The minimum Gasteiger partial charge on any atom is -0.342 e. The third-order valence-corrected chi connectivity index (χ3v) is 8.13. The first-order chi connectivity index (χ1) is 13.1. The minimum absolute atomic E-state index is 0.0312. The van der Waals surface area contributed by atoms with Crippen molar-refractivity contribution in [2.75, 3.05) is 52.1 Å². The van der Waals surface area contributed by atoms with Gasteiger partial charge in [-0.1, -0.05) is 12.1 Å². The van der Waals surface area contributed by atoms with E-state index < -0.39 is 19.9 Å². The maximum atomic E-state index is 13.1. The van der Waals surface area contributed by atoms with Gasteiger partial charge in [0, 0.05) is 39.0 Å². The van der Waals surface area contributed by atoms with Crippen molar-refractivity contribution in [3.63, 3.8) is 0 Å². The van der Waals surface area contributed by atoms with E-state index in [2.05, 4.69) is 0 Å². The topological polar surface area (TPSA) is 95.1 Å². The molecule has 158 valence electrons. The van der Waals surface area contributed by atoms with Gasteiger partial charge in [0.1, 0.15) is 4.90 Å². The summed E-state index contributed by atoms with van der Waals surface area (Å²) >= 11 is 0. The summed E-state index contributed by atoms with van der Waals surface area (Å²) in [7, 11) is -7.62. The summed E-state index contributed by atoms with van der Waals surface area (Å²) in [5.41, 5.74) is 0. The number of benzene rings is 1. The molecule has 0 atom stereocenters. The van der Waals surface area contributed by atoms with Gasteiger partial charge in [-0.2, -0.15) is 4.31 Å². The van der Waals surface area contributed by atoms with E-state index in [1.807, 2.05) is 18.7 Å². The van der Waals surface area contributed by atoms with Crippen molar-refractivity contribution in [1.82, 2.24) is 14.1 Å². The van der Waals surface area contributed by atoms with Gasteiger partial charge in [0.25, 0.3) is 0 Å². The van der Waals surface area contributed by atoms with Gasteiger partial charge in [0.15, 0.2) is 9.84 Å². The van der Waals surface area contributed by atoms with Crippen LogP contribution in [0.5, 0.6) is 0 Å². The summed E-state index contributed by atoms with van der Waals surface area (Å²) in [6.45, 7) is 6.95. The van der Waals surface area contributed by atoms with E-state index in [1.54, 1.807) is 4.90 Å². The molecule has 1 aliphatic rings. The molecular formula is C18H29N3O5S2. The predicted octanol–water partition coefficient (Wildman–Crippen LogP) is 0.655. The van der Waals surface area contributed by atoms with Crippen molar-refractivity contribution in [3.05, 3.63) is 24.3 Å². The van der Waals surface area contributed by atoms with Crippen molar-refractivity contribution in [1.29, 1.82) is 0 Å². The standard InChI is InChI=1S/C18H29N3O5S2/c1-4-20(5-2)18(22)15-19-11-8-12-21(14-13-19)28(25,26)17-10-7-6-9-16(17)27(3,23)24/h6-7,9-10H,4-5,8,11-15H2,1-3H3. The number of carbonyl (C=O) groups is 1. The van der Waals surface area contributed by atoms with Crippen LogP contribution < -0.4 is 0 Å². The molecule has 0 aromatic heterocycles. The molecule has 8 nitrogen and oxygen atoms in total. The Morgan fingerprint density at radius 3 is 2.14 bits per heavy atom. The van der Waals surface area contributed by atoms with Crippen LogP contribution >= 0.6 is 0 Å². The van der Waals surface area contributed by atoms with Crippen LogP contribution in [0.4, 0.5) is 0 Å². The van der Waals surface area contributed by atoms with Crippen molar-refractivity contribution in [3.8, 4) is 0 Å². The molecule has 1 amide bonds. The molecule has 10 heteroatoms. The predicted molar refractivity (Wildman–Crippen MR) is 107 cm³/mol. The SMILES string of the molecule is CCN(CC)C(=O)CN1CCCN(S(=O)(=O)c2ccccc2S(C)(=O)=O)CC1. The van der Waals surface area contributed by atoms with Gasteiger partial charge in [-0.15, -0.1) is 0 Å². The summed E-state index contributed by atoms with van der Waals surface area (Å²) in [6, 6.07) is 5.68. The highest BCUT2D eigenvalue weighted by Gasteiger charge is 2.31. The molecule has 0 spiro atoms. The molecular weight excluding hydrogens is 402 g/mol. The summed E-state index contributed by atoms with van der Waals surface area (Å²) in [5.74, 6) is 0.0312. The number of likely N-dealkylation sites (N-methyl/N-ethyl adjacent to an activating group) is 1. The Labute approximate surface area is 168 Å². The Bertz CT molecular complexity index is 896. The van der Waals surface area contributed by atoms with Gasteiger partial charge in [-0.05, 0) is 38.9 Å². The zero-order chi connectivity index (χ0) is 20.9. The van der Waals surface area contributed by atoms with E-state index in [1.165, 1.54) is 28.6 Å². The van der Waals surface area contributed by atoms with Crippen molar-refractivity contribution in [2.45, 2.75) is 30.1 Å². The molecule has 0 bridgehead atoms. The Kier molecular flexibility index (Phi) is 7.60. The lowest BCUT2D eigenvalue weighted by Crippen LogP contribution is -2.42. The molecule has 0 radical (unpaired) electrons. The lowest BCUT2D eigenvalue weighted by Gasteiger charge is -2.25. The van der Waals surface area contributed by atoms with Crippen LogP contribution in [0.1, 0.15) is 20.3 Å². The molecule has 0 N–H and O–H groups in total. The quantitative estimate of drug-likeness (QED) is 0.629. The minimum atomic E-state index is -3.94. The van der Waals surface area contributed by atoms with E-state index in [9.17, 15) is 21.6 Å². The van der Waals surface area contributed by atoms with E-state index in [-0.39, 0.29) is 35.3 Å². The highest BCUT2D eigenvalue weighted by Crippen LogP contribution is 2.25. The molecule has 0 unspecified atom stereocenters. The third-order valence-electron chi connectivity index (χ3n) is 4.89. The first-order valence-electron chi connectivity index (χ1n) is 9.40. The van der Waals surface area contributed by atoms with Gasteiger partial charge in [-0.3, -0.25) is 9.69 Å². The van der Waals surface area contributed by atoms with E-state index in [0.29, 0.717) is 32.6 Å². The fraction of sp³-hybridized carbons (Fsp3) is 0.611. The van der Waals surface area contributed by atoms with Gasteiger partial charge in [0.05, 0.1) is 11.4 Å². The van der Waals surface area contributed by atoms with Crippen LogP contribution in [0, 0.1) is 0 Å². The first-order valence-corrected chi connectivity index (χ1v) is 12.7. The molecule has 0 aliphatic carbocycles. The smallest absolute Gasteiger partial charge is 0.244 e. The largest absolute Gasteiger partial charge is 0.342 e. The molecule has 1 fully saturated rings. The monoisotopic (exact) mass is 431 g/mol. The highest BCUT2D eigenvalue weighted by atomic mass is 32.2. The number of carbonyl (C=O) groups excluding carboxylic acids is 1. The lowest BCUT2D eigenvalue weighted by atomic mass is 10.3. The summed E-state index contributed by atoms with van der Waals surface area (Å²) in [4.78, 5) is 15.7. The average Bonchev–Trinajstić information content (AvgIpc) is 2.88. The Morgan fingerprint density at radius 2 is 1.57 bits per heavy atom. The highest BCUT2D eigenvalue weighted by molar-refractivity contribution is 7.93. The second-order valence-electron chi connectivity index (χ2n) is 6.82. The zero-order valence-electron chi connectivity index (χ0n) is 16.7. The van der Waals surface area contributed by atoms with Gasteiger partial charge < -0.3 is 4.90 Å². The van der Waals surface area contributed by atoms with Crippen LogP contribution in [0.15, 0.2) is 34.1 Å². The molecule has 2 rings (SSSR count). The molecule has 1 heterocycles. The number of nitrogens with zero attached hydrogens (tertiary/aromatic N) is 3. The van der Waals surface area contributed by atoms with Crippen LogP contribution in [0.2, 0.25) is 0 Å². The van der Waals surface area contributed by atoms with Crippen molar-refractivity contribution < 1.29 is 21.6 Å². The van der Waals surface area contributed by atoms with Gasteiger partial charge >= 0.3 is 0 Å². The molecule has 28 heavy (non-hydrogen) atoms. The summed E-state index contributed by atoms with van der Waals surface area (Å²) in [6.07, 6.45) is 1.58. The van der Waals surface area contributed by atoms with Crippen LogP contribution in [0.3, 0.4) is 0 Å². The number of rotatable bonds is 7. The van der Waals surface area contributed by atoms with Gasteiger partial charge in [0.2, 0.25) is 15.9 Å². The zero-order valence-corrected chi connectivity index (χ0v) is 18.3. The number of sulfonamides is 1. The molecule has 1 aromatic rings. The van der Waals surface area contributed by atoms with E-state index in [4.69, 9.17) is 0 Å². The Hall–Kier alpha value is -1.49. The fourth-order valence-electron chi connectivity index (χ4n) is 3.32. The van der Waals surface area contributed by atoms with Crippen LogP contribution in [0.25, 0.3) is 0 Å². The van der Waals surface area contributed by atoms with Crippen LogP contribution in [-0.2, 0) is 24.7 Å². The maximum Gasteiger partial charge on any atom is 0.244 e. The Morgan fingerprint density at radius 1 is 0.964 bits per heavy atom. The second kappa shape index (κ2) is 9.34. The van der Waals surface area contributed by atoms with Gasteiger partial charge in [-0.25, -0.2) is 16.8 Å². The second-order valence-corrected chi connectivity index (χ2v) is 10.7. The lowest BCUT2D eigenvalue weighted by molar-refractivity contribution is -0.132. The number of amides is 1. The van der Waals surface area contributed by atoms with Crippen molar-refractivity contribution in [2.24, 2.45) is 0 Å². The first kappa shape index (κ1) is 22.8. The number of sulfone groups is 1. The van der Waals surface area contributed by atoms with E-state index in [0.717, 1.165) is 6.26 Å². The summed E-state index contributed by atoms with van der Waals surface area (Å²) in [5, 5.41) is 0. The van der Waals surface area contributed by atoms with Crippen LogP contribution in [-0.4, -0.2) is 88.9 Å². The fourth-order valence-corrected chi connectivity index (χ4v) is 6.39.